The van der Waals surface area contributed by atoms with Gasteiger partial charge in [0, 0.05) is 31.9 Å². The molecule has 0 bridgehead atoms. The number of halogens is 4. The van der Waals surface area contributed by atoms with Crippen LogP contribution in [0.3, 0.4) is 0 Å². The van der Waals surface area contributed by atoms with Crippen molar-refractivity contribution < 1.29 is 22.4 Å². The summed E-state index contributed by atoms with van der Waals surface area (Å²) in [6.07, 6.45) is -4.21. The van der Waals surface area contributed by atoms with Gasteiger partial charge >= 0.3 is 6.18 Å². The SMILES string of the molecule is Cc1cc(N2CCN(CC(F)(F)F)CC2)cc(F)c1C(N)=O. The summed E-state index contributed by atoms with van der Waals surface area (Å²) in [7, 11) is 0. The number of carbonyl (C=O) groups excluding carboxylic acids is 1. The van der Waals surface area contributed by atoms with Crippen molar-refractivity contribution in [2.45, 2.75) is 13.1 Å². The Morgan fingerprint density at radius 3 is 2.27 bits per heavy atom. The van der Waals surface area contributed by atoms with E-state index < -0.39 is 24.4 Å². The van der Waals surface area contributed by atoms with Crippen molar-refractivity contribution in [3.63, 3.8) is 0 Å². The second-order valence-corrected chi connectivity index (χ2v) is 5.36. The minimum Gasteiger partial charge on any atom is -0.369 e. The fraction of sp³-hybridized carbons (Fsp3) is 0.500. The smallest absolute Gasteiger partial charge is 0.369 e. The summed E-state index contributed by atoms with van der Waals surface area (Å²) in [4.78, 5) is 14.3. The molecule has 0 spiro atoms. The van der Waals surface area contributed by atoms with Crippen LogP contribution in [0.2, 0.25) is 0 Å². The second-order valence-electron chi connectivity index (χ2n) is 5.36. The molecule has 1 aromatic carbocycles. The molecule has 1 aliphatic rings. The molecule has 1 saturated heterocycles. The third-order valence-corrected chi connectivity index (χ3v) is 3.66. The van der Waals surface area contributed by atoms with E-state index in [1.165, 1.54) is 11.0 Å². The number of nitrogens with zero attached hydrogens (tertiary/aromatic N) is 2. The fourth-order valence-electron chi connectivity index (χ4n) is 2.64. The van der Waals surface area contributed by atoms with Gasteiger partial charge in [-0.05, 0) is 24.6 Å². The first kappa shape index (κ1) is 16.5. The molecular formula is C14H17F4N3O. The minimum atomic E-state index is -4.21. The van der Waals surface area contributed by atoms with Crippen LogP contribution in [0, 0.1) is 12.7 Å². The van der Waals surface area contributed by atoms with Crippen LogP contribution in [0.4, 0.5) is 23.2 Å². The van der Waals surface area contributed by atoms with Gasteiger partial charge in [0.15, 0.2) is 0 Å². The molecule has 2 rings (SSSR count). The maximum Gasteiger partial charge on any atom is 0.401 e. The Morgan fingerprint density at radius 2 is 1.82 bits per heavy atom. The average Bonchev–Trinajstić information content (AvgIpc) is 2.36. The van der Waals surface area contributed by atoms with E-state index in [-0.39, 0.29) is 18.7 Å². The Morgan fingerprint density at radius 1 is 1.23 bits per heavy atom. The molecule has 1 aliphatic heterocycles. The van der Waals surface area contributed by atoms with Gasteiger partial charge in [-0.25, -0.2) is 4.39 Å². The Kier molecular flexibility index (Phi) is 4.60. The van der Waals surface area contributed by atoms with Gasteiger partial charge in [0.2, 0.25) is 0 Å². The molecule has 22 heavy (non-hydrogen) atoms. The van der Waals surface area contributed by atoms with Crippen LogP contribution in [0.25, 0.3) is 0 Å². The maximum absolute atomic E-state index is 13.9. The molecule has 1 amide bonds. The third kappa shape index (κ3) is 3.88. The standard InChI is InChI=1S/C14H17F4N3O/c1-9-6-10(7-11(15)12(9)13(19)22)21-4-2-20(3-5-21)8-14(16,17)18/h6-7H,2-5,8H2,1H3,(H2,19,22). The van der Waals surface area contributed by atoms with Crippen molar-refractivity contribution in [2.24, 2.45) is 5.73 Å². The summed E-state index contributed by atoms with van der Waals surface area (Å²) in [6, 6.07) is 2.83. The van der Waals surface area contributed by atoms with Crippen LogP contribution in [0.5, 0.6) is 0 Å². The number of piperazine rings is 1. The largest absolute Gasteiger partial charge is 0.401 e. The maximum atomic E-state index is 13.9. The van der Waals surface area contributed by atoms with E-state index in [0.717, 1.165) is 0 Å². The Balaban J connectivity index is 2.07. The van der Waals surface area contributed by atoms with Crippen LogP contribution in [-0.4, -0.2) is 49.7 Å². The Labute approximate surface area is 125 Å². The van der Waals surface area contributed by atoms with Crippen molar-refractivity contribution in [1.82, 2.24) is 4.90 Å². The molecular weight excluding hydrogens is 302 g/mol. The topological polar surface area (TPSA) is 49.6 Å². The van der Waals surface area contributed by atoms with E-state index in [1.807, 2.05) is 0 Å². The lowest BCUT2D eigenvalue weighted by molar-refractivity contribution is -0.146. The molecule has 0 atom stereocenters. The lowest BCUT2D eigenvalue weighted by atomic mass is 10.1. The van der Waals surface area contributed by atoms with Crippen molar-refractivity contribution in [1.29, 1.82) is 0 Å². The number of nitrogens with two attached hydrogens (primary N) is 1. The molecule has 8 heteroatoms. The molecule has 0 aromatic heterocycles. The lowest BCUT2D eigenvalue weighted by Gasteiger charge is -2.36. The molecule has 1 fully saturated rings. The van der Waals surface area contributed by atoms with Crippen LogP contribution in [-0.2, 0) is 0 Å². The van der Waals surface area contributed by atoms with E-state index in [9.17, 15) is 22.4 Å². The zero-order valence-corrected chi connectivity index (χ0v) is 12.1. The fourth-order valence-corrected chi connectivity index (χ4v) is 2.64. The number of aryl methyl sites for hydroxylation is 1. The van der Waals surface area contributed by atoms with Gasteiger partial charge < -0.3 is 10.6 Å². The molecule has 1 heterocycles. The first-order valence-electron chi connectivity index (χ1n) is 6.81. The minimum absolute atomic E-state index is 0.153. The van der Waals surface area contributed by atoms with E-state index in [1.54, 1.807) is 17.9 Å². The molecule has 4 nitrogen and oxygen atoms in total. The zero-order chi connectivity index (χ0) is 16.5. The number of benzene rings is 1. The highest BCUT2D eigenvalue weighted by Crippen LogP contribution is 2.24. The van der Waals surface area contributed by atoms with Crippen molar-refractivity contribution in [2.75, 3.05) is 37.6 Å². The van der Waals surface area contributed by atoms with Gasteiger partial charge in [-0.3, -0.25) is 9.69 Å². The molecule has 0 saturated carbocycles. The predicted molar refractivity (Wildman–Crippen MR) is 74.4 cm³/mol. The highest BCUT2D eigenvalue weighted by atomic mass is 19.4. The number of carbonyl (C=O) groups is 1. The number of rotatable bonds is 3. The van der Waals surface area contributed by atoms with Gasteiger partial charge in [0.05, 0.1) is 12.1 Å². The van der Waals surface area contributed by atoms with Crippen molar-refractivity contribution in [3.8, 4) is 0 Å². The number of amides is 1. The number of hydrogen-bond donors (Lipinski definition) is 1. The summed E-state index contributed by atoms with van der Waals surface area (Å²) in [5, 5.41) is 0. The monoisotopic (exact) mass is 319 g/mol. The molecule has 0 aliphatic carbocycles. The number of anilines is 1. The van der Waals surface area contributed by atoms with Gasteiger partial charge in [0.1, 0.15) is 5.82 Å². The third-order valence-electron chi connectivity index (χ3n) is 3.66. The summed E-state index contributed by atoms with van der Waals surface area (Å²) in [5.74, 6) is -1.54. The predicted octanol–water partition coefficient (Wildman–Crippen LogP) is 1.92. The van der Waals surface area contributed by atoms with Gasteiger partial charge in [-0.15, -0.1) is 0 Å². The van der Waals surface area contributed by atoms with Crippen LogP contribution >= 0.6 is 0 Å². The average molecular weight is 319 g/mol. The summed E-state index contributed by atoms with van der Waals surface area (Å²) in [5.41, 5.74) is 5.93. The summed E-state index contributed by atoms with van der Waals surface area (Å²) >= 11 is 0. The number of hydrogen-bond acceptors (Lipinski definition) is 3. The quantitative estimate of drug-likeness (QED) is 0.866. The van der Waals surface area contributed by atoms with Gasteiger partial charge in [-0.1, -0.05) is 0 Å². The van der Waals surface area contributed by atoms with Gasteiger partial charge in [-0.2, -0.15) is 13.2 Å². The molecule has 1 aromatic rings. The van der Waals surface area contributed by atoms with E-state index in [4.69, 9.17) is 5.73 Å². The summed E-state index contributed by atoms with van der Waals surface area (Å²) in [6.45, 7) is 1.87. The van der Waals surface area contributed by atoms with Crippen molar-refractivity contribution >= 4 is 11.6 Å². The van der Waals surface area contributed by atoms with Crippen molar-refractivity contribution in [3.05, 3.63) is 29.1 Å². The summed E-state index contributed by atoms with van der Waals surface area (Å²) < 4.78 is 50.9. The molecule has 2 N–H and O–H groups in total. The Hall–Kier alpha value is -1.83. The highest BCUT2D eigenvalue weighted by Gasteiger charge is 2.32. The normalized spacial score (nSPS) is 16.9. The van der Waals surface area contributed by atoms with E-state index in [2.05, 4.69) is 0 Å². The zero-order valence-electron chi connectivity index (χ0n) is 12.1. The molecule has 122 valence electrons. The van der Waals surface area contributed by atoms with Gasteiger partial charge in [0.25, 0.3) is 5.91 Å². The van der Waals surface area contributed by atoms with E-state index in [0.29, 0.717) is 24.3 Å². The molecule has 0 unspecified atom stereocenters. The van der Waals surface area contributed by atoms with Crippen LogP contribution < -0.4 is 10.6 Å². The van der Waals surface area contributed by atoms with Crippen LogP contribution in [0.15, 0.2) is 12.1 Å². The first-order valence-corrected chi connectivity index (χ1v) is 6.81. The Bertz CT molecular complexity index is 543. The van der Waals surface area contributed by atoms with E-state index >= 15 is 0 Å². The lowest BCUT2D eigenvalue weighted by Crippen LogP contribution is -2.49. The molecule has 0 radical (unpaired) electrons. The second kappa shape index (κ2) is 6.12. The number of primary amides is 1. The highest BCUT2D eigenvalue weighted by molar-refractivity contribution is 5.95. The van der Waals surface area contributed by atoms with Crippen LogP contribution in [0.1, 0.15) is 15.9 Å². The number of alkyl halides is 3. The first-order chi connectivity index (χ1) is 10.2.